The molecule has 4 rings (SSSR count). The lowest BCUT2D eigenvalue weighted by atomic mass is 10.0. The molecule has 1 aliphatic heterocycles. The van der Waals surface area contributed by atoms with E-state index in [1.165, 1.54) is 0 Å². The van der Waals surface area contributed by atoms with E-state index in [4.69, 9.17) is 23.3 Å². The van der Waals surface area contributed by atoms with Crippen molar-refractivity contribution in [1.82, 2.24) is 19.4 Å². The van der Waals surface area contributed by atoms with Crippen molar-refractivity contribution < 1.29 is 28.1 Å². The molecular weight excluding hydrogens is 276 g/mol. The van der Waals surface area contributed by atoms with Gasteiger partial charge in [0, 0.05) is 55.8 Å². The summed E-state index contributed by atoms with van der Waals surface area (Å²) in [6.45, 7) is -13.9. The summed E-state index contributed by atoms with van der Waals surface area (Å²) in [6, 6.07) is -3.77. The molecule has 1 aromatic carbocycles. The Balaban J connectivity index is 2.20. The second-order valence-electron chi connectivity index (χ2n) is 4.34. The minimum atomic E-state index is -3.76. The second-order valence-corrected chi connectivity index (χ2v) is 4.34. The van der Waals surface area contributed by atoms with E-state index in [9.17, 15) is 4.79 Å². The molecule has 2 aromatic heterocycles. The first-order chi connectivity index (χ1) is 17.4. The molecule has 0 atom stereocenters. The van der Waals surface area contributed by atoms with Gasteiger partial charge in [-0.3, -0.25) is 4.79 Å². The van der Waals surface area contributed by atoms with Gasteiger partial charge in [-0.1, -0.05) is 18.1 Å². The first-order valence-electron chi connectivity index (χ1n) is 14.5. The monoisotopic (exact) mass is 311 g/mol. The van der Waals surface area contributed by atoms with Crippen LogP contribution in [0.25, 0.3) is 10.9 Å². The van der Waals surface area contributed by atoms with Gasteiger partial charge in [0.1, 0.15) is 1.37 Å². The van der Waals surface area contributed by atoms with E-state index in [-0.39, 0.29) is 9.47 Å². The number of aryl methyl sites for hydroxylation is 2. The van der Waals surface area contributed by atoms with Gasteiger partial charge in [0.2, 0.25) is 0 Å². The zero-order valence-corrected chi connectivity index (χ0v) is 10.7. The van der Waals surface area contributed by atoms with Crippen LogP contribution in [-0.4, -0.2) is 31.8 Å². The molecular formula is C17H18N4O. The van der Waals surface area contributed by atoms with Crippen LogP contribution in [0.1, 0.15) is 50.7 Å². The molecule has 112 valence electrons. The summed E-state index contributed by atoms with van der Waals surface area (Å²) in [5.74, 6) is -1.74. The van der Waals surface area contributed by atoms with Crippen LogP contribution in [0.4, 0.5) is 0 Å². The zero-order chi connectivity index (χ0) is 30.0. The number of imidazole rings is 1. The van der Waals surface area contributed by atoms with Gasteiger partial charge < -0.3 is 14.5 Å². The number of aromatic amines is 1. The first kappa shape index (κ1) is 4.25. The molecule has 5 nitrogen and oxygen atoms in total. The summed E-state index contributed by atoms with van der Waals surface area (Å²) in [5.41, 5.74) is -5.16. The lowest BCUT2D eigenvalue weighted by molar-refractivity contribution is 0.0725. The number of nitrogens with zero attached hydrogens (tertiary/aromatic N) is 3. The van der Waals surface area contributed by atoms with Crippen LogP contribution in [0, 0.1) is 6.85 Å². The van der Waals surface area contributed by atoms with Crippen LogP contribution in [-0.2, 0) is 19.8 Å². The molecule has 0 spiro atoms. The highest BCUT2D eigenvalue weighted by Gasteiger charge is 2.30. The number of aromatic nitrogens is 3. The number of rotatable bonds is 2. The standard InChI is InChI=1S/C17H18N4O/c1-11-13(19-10-18-11)9-21-8-7-15-16(17(21)22)12-5-3-4-6-14(12)20(15)2/h3-6,10H,7-9H2,1-2H3,(H,18,19)/i1D3,2D3,3D,4D,5D,6D,7D2,8D2,9D2,10D. The topological polar surface area (TPSA) is 53.9 Å². The largest absolute Gasteiger partial charge is 0.348 e. The van der Waals surface area contributed by atoms with Crippen molar-refractivity contribution in [2.45, 2.75) is 19.7 Å². The summed E-state index contributed by atoms with van der Waals surface area (Å²) in [5, 5.41) is -0.795. The fourth-order valence-corrected chi connectivity index (χ4v) is 2.11. The van der Waals surface area contributed by atoms with Gasteiger partial charge in [-0.25, -0.2) is 4.98 Å². The van der Waals surface area contributed by atoms with Crippen LogP contribution < -0.4 is 0 Å². The highest BCUT2D eigenvalue weighted by molar-refractivity contribution is 6.09. The molecule has 0 saturated heterocycles. The van der Waals surface area contributed by atoms with Gasteiger partial charge in [-0.05, 0) is 12.9 Å². The summed E-state index contributed by atoms with van der Waals surface area (Å²) < 4.78 is 138. The van der Waals surface area contributed by atoms with Crippen LogP contribution in [0.5, 0.6) is 0 Å². The van der Waals surface area contributed by atoms with Crippen molar-refractivity contribution in [3.8, 4) is 0 Å². The zero-order valence-electron chi connectivity index (χ0n) is 27.7. The van der Waals surface area contributed by atoms with Gasteiger partial charge in [0.15, 0.2) is 0 Å². The third-order valence-corrected chi connectivity index (χ3v) is 3.11. The number of amides is 1. The van der Waals surface area contributed by atoms with Crippen molar-refractivity contribution in [3.05, 3.63) is 53.1 Å². The van der Waals surface area contributed by atoms with Crippen LogP contribution in [0.15, 0.2) is 30.5 Å². The Morgan fingerprint density at radius 3 is 3.32 bits per heavy atom. The Morgan fingerprint density at radius 1 is 1.55 bits per heavy atom. The Morgan fingerprint density at radius 2 is 2.45 bits per heavy atom. The summed E-state index contributed by atoms with van der Waals surface area (Å²) >= 11 is 0. The molecule has 0 aliphatic carbocycles. The molecule has 0 fully saturated rings. The SMILES string of the molecule is [2H]c1nc(C([2H])([2H])N2C(=O)c3c(n(C([2H])([2H])[2H])c4c([2H])c([2H])c([2H])c([2H])c34)C([2H])([2H])C2([2H])[2H])c(C([2H])([2H])[2H])[nH]1. The molecule has 1 aliphatic rings. The van der Waals surface area contributed by atoms with E-state index < -0.39 is 103 Å². The minimum absolute atomic E-state index is 0.127. The van der Waals surface area contributed by atoms with Crippen LogP contribution >= 0.6 is 0 Å². The number of para-hydroxylation sites is 1. The maximum Gasteiger partial charge on any atom is 0.256 e. The molecule has 3 aromatic rings. The number of carbonyl (C=O) groups is 1. The molecule has 1 amide bonds. The van der Waals surface area contributed by atoms with Crippen LogP contribution in [0.3, 0.4) is 0 Å². The number of nitrogens with one attached hydrogen (secondary N) is 1. The molecule has 0 radical (unpaired) electrons. The Bertz CT molecular complexity index is 1540. The van der Waals surface area contributed by atoms with E-state index in [1.807, 2.05) is 4.98 Å². The van der Waals surface area contributed by atoms with Crippen molar-refractivity contribution in [2.75, 3.05) is 6.50 Å². The average molecular weight is 311 g/mol. The summed E-state index contributed by atoms with van der Waals surface area (Å²) in [7, 11) is 0. The Kier molecular flexibility index (Phi) is 0.913. The molecule has 22 heavy (non-hydrogen) atoms. The lowest BCUT2D eigenvalue weighted by Crippen LogP contribution is -2.37. The van der Waals surface area contributed by atoms with Crippen molar-refractivity contribution >= 4 is 16.8 Å². The fourth-order valence-electron chi connectivity index (χ4n) is 2.11. The molecule has 5 heteroatoms. The number of H-pyrrole nitrogens is 1. The van der Waals surface area contributed by atoms with Crippen molar-refractivity contribution in [2.24, 2.45) is 6.98 Å². The van der Waals surface area contributed by atoms with E-state index in [2.05, 4.69) is 4.98 Å². The van der Waals surface area contributed by atoms with Gasteiger partial charge in [0.05, 0.1) is 32.3 Å². The van der Waals surface area contributed by atoms with Crippen molar-refractivity contribution in [1.29, 1.82) is 0 Å². The molecule has 0 bridgehead atoms. The third-order valence-electron chi connectivity index (χ3n) is 3.11. The summed E-state index contributed by atoms with van der Waals surface area (Å²) in [6.07, 6.45) is -4.46. The Labute approximate surface area is 152 Å². The fraction of sp³-hybridized carbons (Fsp3) is 0.294. The maximum absolute atomic E-state index is 13.9. The van der Waals surface area contributed by atoms with E-state index in [0.29, 0.717) is 0 Å². The average Bonchev–Trinajstić information content (AvgIpc) is 3.34. The first-order valence-corrected chi connectivity index (χ1v) is 5.99. The summed E-state index contributed by atoms with van der Waals surface area (Å²) in [4.78, 5) is 19.1. The van der Waals surface area contributed by atoms with E-state index in [1.54, 1.807) is 0 Å². The number of hydrogen-bond donors (Lipinski definition) is 1. The quantitative estimate of drug-likeness (QED) is 0.790. The molecule has 1 N–H and O–H groups in total. The minimum Gasteiger partial charge on any atom is -0.348 e. The predicted octanol–water partition coefficient (Wildman–Crippen LogP) is 2.41. The maximum atomic E-state index is 13.9. The normalized spacial score (nSPS) is 32.3. The molecule has 0 saturated carbocycles. The third kappa shape index (κ3) is 1.78. The van der Waals surface area contributed by atoms with Gasteiger partial charge in [-0.2, -0.15) is 0 Å². The highest BCUT2D eigenvalue weighted by atomic mass is 16.2. The Hall–Kier alpha value is -2.56. The van der Waals surface area contributed by atoms with Gasteiger partial charge in [0.25, 0.3) is 5.91 Å². The highest BCUT2D eigenvalue weighted by Crippen LogP contribution is 2.30. The lowest BCUT2D eigenvalue weighted by Gasteiger charge is -2.27. The van der Waals surface area contributed by atoms with Gasteiger partial charge in [-0.15, -0.1) is 0 Å². The van der Waals surface area contributed by atoms with Crippen molar-refractivity contribution in [3.63, 3.8) is 0 Å². The second kappa shape index (κ2) is 4.73. The van der Waals surface area contributed by atoms with Gasteiger partial charge >= 0.3 is 0 Å². The van der Waals surface area contributed by atoms with Crippen LogP contribution in [0.2, 0.25) is 0 Å². The number of carbonyl (C=O) groups excluding carboxylic acids is 1. The number of fused-ring (bicyclic) bond motifs is 3. The molecule has 3 heterocycles. The molecule has 0 unspecified atom stereocenters. The number of benzene rings is 1. The predicted molar refractivity (Wildman–Crippen MR) is 84.7 cm³/mol. The van der Waals surface area contributed by atoms with E-state index in [0.717, 1.165) is 0 Å². The number of hydrogen-bond acceptors (Lipinski definition) is 2. The van der Waals surface area contributed by atoms with E-state index >= 15 is 0 Å². The smallest absolute Gasteiger partial charge is 0.256 e.